The zero-order chi connectivity index (χ0) is 16.2. The third kappa shape index (κ3) is 4.06. The Morgan fingerprint density at radius 3 is 2.36 bits per heavy atom. The molecule has 122 valence electrons. The summed E-state index contributed by atoms with van der Waals surface area (Å²) in [6.45, 7) is 0. The summed E-state index contributed by atoms with van der Waals surface area (Å²) in [5.74, 6) is -1.22. The lowest BCUT2D eigenvalue weighted by Crippen LogP contribution is -2.47. The van der Waals surface area contributed by atoms with Crippen molar-refractivity contribution in [3.05, 3.63) is 35.9 Å². The van der Waals surface area contributed by atoms with Crippen LogP contribution >= 0.6 is 0 Å². The van der Waals surface area contributed by atoms with Gasteiger partial charge in [0.2, 0.25) is 0 Å². The van der Waals surface area contributed by atoms with Crippen molar-refractivity contribution < 1.29 is 18.3 Å². The van der Waals surface area contributed by atoms with Crippen molar-refractivity contribution in [3.63, 3.8) is 0 Å². The first-order chi connectivity index (χ1) is 10.4. The Bertz CT molecular complexity index is 597. The zero-order valence-electron chi connectivity index (χ0n) is 12.6. The Morgan fingerprint density at radius 2 is 1.82 bits per heavy atom. The fraction of sp³-hybridized carbons (Fsp3) is 0.533. The van der Waals surface area contributed by atoms with E-state index in [0.717, 1.165) is 32.1 Å². The molecule has 1 fully saturated rings. The molecule has 0 unspecified atom stereocenters. The highest BCUT2D eigenvalue weighted by molar-refractivity contribution is 7.87. The van der Waals surface area contributed by atoms with E-state index in [1.54, 1.807) is 30.3 Å². The van der Waals surface area contributed by atoms with E-state index < -0.39 is 22.2 Å². The molecule has 0 saturated heterocycles. The lowest BCUT2D eigenvalue weighted by atomic mass is 9.96. The van der Waals surface area contributed by atoms with Crippen molar-refractivity contribution >= 4 is 16.2 Å². The molecule has 1 aromatic carbocycles. The lowest BCUT2D eigenvalue weighted by Gasteiger charge is -2.31. The minimum atomic E-state index is -3.85. The molecule has 1 aliphatic rings. The molecule has 1 aromatic rings. The van der Waals surface area contributed by atoms with E-state index in [0.29, 0.717) is 5.56 Å². The first-order valence-corrected chi connectivity index (χ1v) is 8.89. The maximum Gasteiger partial charge on any atom is 0.326 e. The van der Waals surface area contributed by atoms with Gasteiger partial charge in [-0.15, -0.1) is 0 Å². The van der Waals surface area contributed by atoms with Crippen LogP contribution in [0.15, 0.2) is 30.3 Å². The Morgan fingerprint density at radius 1 is 1.23 bits per heavy atom. The molecule has 0 bridgehead atoms. The summed E-state index contributed by atoms with van der Waals surface area (Å²) < 4.78 is 28.5. The van der Waals surface area contributed by atoms with Gasteiger partial charge in [-0.25, -0.2) is 0 Å². The second-order valence-corrected chi connectivity index (χ2v) is 7.37. The van der Waals surface area contributed by atoms with E-state index >= 15 is 0 Å². The fourth-order valence-corrected chi connectivity index (χ4v) is 4.08. The number of carboxylic acid groups (broad SMARTS) is 1. The Kier molecular flexibility index (Phi) is 5.55. The second-order valence-electron chi connectivity index (χ2n) is 5.61. The van der Waals surface area contributed by atoms with Crippen molar-refractivity contribution in [1.82, 2.24) is 9.03 Å². The highest BCUT2D eigenvalue weighted by atomic mass is 32.2. The third-order valence-electron chi connectivity index (χ3n) is 4.11. The van der Waals surface area contributed by atoms with Crippen LogP contribution in [0.3, 0.4) is 0 Å². The summed E-state index contributed by atoms with van der Waals surface area (Å²) in [5.41, 5.74) is 0.413. The Hall–Kier alpha value is -1.44. The number of hydrogen-bond acceptors (Lipinski definition) is 3. The van der Waals surface area contributed by atoms with E-state index in [4.69, 9.17) is 0 Å². The second kappa shape index (κ2) is 7.21. The predicted molar refractivity (Wildman–Crippen MR) is 83.5 cm³/mol. The normalized spacial score (nSPS) is 18.3. The van der Waals surface area contributed by atoms with Gasteiger partial charge in [-0.2, -0.15) is 17.4 Å². The lowest BCUT2D eigenvalue weighted by molar-refractivity contribution is -0.139. The van der Waals surface area contributed by atoms with Gasteiger partial charge < -0.3 is 5.11 Å². The van der Waals surface area contributed by atoms with Crippen molar-refractivity contribution in [3.8, 4) is 0 Å². The molecule has 7 heteroatoms. The third-order valence-corrected chi connectivity index (χ3v) is 5.70. The molecule has 2 N–H and O–H groups in total. The summed E-state index contributed by atoms with van der Waals surface area (Å²) in [6, 6.07) is 6.98. The van der Waals surface area contributed by atoms with Gasteiger partial charge in [0.1, 0.15) is 6.04 Å². The average Bonchev–Trinajstić information content (AvgIpc) is 2.53. The number of benzene rings is 1. The van der Waals surface area contributed by atoms with Crippen LogP contribution in [0.25, 0.3) is 0 Å². The summed E-state index contributed by atoms with van der Waals surface area (Å²) in [4.78, 5) is 11.4. The first-order valence-electron chi connectivity index (χ1n) is 7.45. The molecule has 1 aliphatic carbocycles. The monoisotopic (exact) mass is 326 g/mol. The highest BCUT2D eigenvalue weighted by Crippen LogP contribution is 2.24. The van der Waals surface area contributed by atoms with Crippen LogP contribution in [0, 0.1) is 0 Å². The summed E-state index contributed by atoms with van der Waals surface area (Å²) in [7, 11) is -2.33. The molecule has 0 radical (unpaired) electrons. The number of rotatable bonds is 6. The van der Waals surface area contributed by atoms with Crippen LogP contribution in [0.2, 0.25) is 0 Å². The fourth-order valence-electron chi connectivity index (χ4n) is 2.78. The van der Waals surface area contributed by atoms with Crippen LogP contribution < -0.4 is 4.72 Å². The molecule has 0 heterocycles. The van der Waals surface area contributed by atoms with Crippen LogP contribution in [0.1, 0.15) is 43.7 Å². The predicted octanol–water partition coefficient (Wildman–Crippen LogP) is 1.91. The molecule has 6 nitrogen and oxygen atoms in total. The molecule has 0 spiro atoms. The summed E-state index contributed by atoms with van der Waals surface area (Å²) in [5, 5.41) is 9.34. The van der Waals surface area contributed by atoms with E-state index in [-0.39, 0.29) is 6.04 Å². The topological polar surface area (TPSA) is 86.7 Å². The minimum absolute atomic E-state index is 0.0588. The number of carbonyl (C=O) groups is 1. The van der Waals surface area contributed by atoms with Gasteiger partial charge in [0.15, 0.2) is 0 Å². The number of nitrogens with zero attached hydrogens (tertiary/aromatic N) is 1. The standard InChI is InChI=1S/C15H22N2O4S/c1-17(13-10-6-3-7-11-13)22(20,21)16-14(15(18)19)12-8-4-2-5-9-12/h2,4-5,8-9,13-14,16H,3,6-7,10-11H2,1H3,(H,18,19)/t14-/m0/s1. The van der Waals surface area contributed by atoms with Crippen LogP contribution in [0.4, 0.5) is 0 Å². The molecule has 0 aromatic heterocycles. The quantitative estimate of drug-likeness (QED) is 0.836. The molecule has 1 saturated carbocycles. The van der Waals surface area contributed by atoms with Crippen LogP contribution in [-0.4, -0.2) is 36.9 Å². The number of hydrogen-bond donors (Lipinski definition) is 2. The highest BCUT2D eigenvalue weighted by Gasteiger charge is 2.32. The number of nitrogens with one attached hydrogen (secondary N) is 1. The van der Waals surface area contributed by atoms with E-state index in [1.807, 2.05) is 0 Å². The van der Waals surface area contributed by atoms with Gasteiger partial charge in [-0.1, -0.05) is 49.6 Å². The van der Waals surface area contributed by atoms with Gasteiger partial charge in [0.05, 0.1) is 0 Å². The first kappa shape index (κ1) is 16.9. The molecule has 0 amide bonds. The van der Waals surface area contributed by atoms with Crippen molar-refractivity contribution in [2.75, 3.05) is 7.05 Å². The summed E-state index contributed by atoms with van der Waals surface area (Å²) >= 11 is 0. The summed E-state index contributed by atoms with van der Waals surface area (Å²) in [6.07, 6.45) is 4.78. The van der Waals surface area contributed by atoms with E-state index in [2.05, 4.69) is 4.72 Å². The smallest absolute Gasteiger partial charge is 0.326 e. The largest absolute Gasteiger partial charge is 0.480 e. The van der Waals surface area contributed by atoms with Gasteiger partial charge in [-0.3, -0.25) is 4.79 Å². The van der Waals surface area contributed by atoms with Crippen LogP contribution in [-0.2, 0) is 15.0 Å². The number of aliphatic carboxylic acids is 1. The Balaban J connectivity index is 2.16. The molecular weight excluding hydrogens is 304 g/mol. The van der Waals surface area contributed by atoms with Gasteiger partial charge in [0.25, 0.3) is 10.2 Å². The number of carboxylic acids is 1. The average molecular weight is 326 g/mol. The molecule has 1 atom stereocenters. The molecular formula is C15H22N2O4S. The molecule has 22 heavy (non-hydrogen) atoms. The zero-order valence-corrected chi connectivity index (χ0v) is 13.4. The van der Waals surface area contributed by atoms with Gasteiger partial charge in [-0.05, 0) is 18.4 Å². The van der Waals surface area contributed by atoms with Gasteiger partial charge >= 0.3 is 5.97 Å². The van der Waals surface area contributed by atoms with Crippen molar-refractivity contribution in [2.24, 2.45) is 0 Å². The molecule has 0 aliphatic heterocycles. The maximum absolute atomic E-state index is 12.5. The van der Waals surface area contributed by atoms with E-state index in [9.17, 15) is 18.3 Å². The minimum Gasteiger partial charge on any atom is -0.480 e. The van der Waals surface area contributed by atoms with Crippen molar-refractivity contribution in [1.29, 1.82) is 0 Å². The van der Waals surface area contributed by atoms with E-state index in [1.165, 1.54) is 11.4 Å². The maximum atomic E-state index is 12.5. The van der Waals surface area contributed by atoms with Gasteiger partial charge in [0, 0.05) is 13.1 Å². The SMILES string of the molecule is CN(C1CCCCC1)S(=O)(=O)N[C@H](C(=O)O)c1ccccc1. The van der Waals surface area contributed by atoms with Crippen LogP contribution in [0.5, 0.6) is 0 Å². The molecule has 2 rings (SSSR count). The Labute approximate surface area is 131 Å². The van der Waals surface area contributed by atoms with Crippen molar-refractivity contribution in [2.45, 2.75) is 44.2 Å².